The first kappa shape index (κ1) is 56.4. The molecule has 2 aromatic carbocycles. The molecule has 2 rings (SSSR count). The summed E-state index contributed by atoms with van der Waals surface area (Å²) in [5.74, 6) is 8.51. The van der Waals surface area contributed by atoms with E-state index in [4.69, 9.17) is 24.7 Å². The van der Waals surface area contributed by atoms with Crippen LogP contribution in [-0.2, 0) is 0 Å². The first-order chi connectivity index (χ1) is 30.6. The van der Waals surface area contributed by atoms with Gasteiger partial charge in [-0.05, 0) is 121 Å². The Labute approximate surface area is 392 Å². The molecular weight excluding hydrogens is 795 g/mol. The molecule has 0 saturated carbocycles. The summed E-state index contributed by atoms with van der Waals surface area (Å²) in [6.45, 7) is 30.2. The maximum Gasteiger partial charge on any atom is 0.234 e. The van der Waals surface area contributed by atoms with Gasteiger partial charge in [0.15, 0.2) is 23.0 Å². The van der Waals surface area contributed by atoms with Crippen LogP contribution in [0.15, 0.2) is 51.7 Å². The fourth-order valence-electron chi connectivity index (χ4n) is 7.58. The van der Waals surface area contributed by atoms with E-state index in [0.717, 1.165) is 83.5 Å². The lowest BCUT2D eigenvalue weighted by Gasteiger charge is -2.17. The second kappa shape index (κ2) is 33.7. The Bertz CT molecular complexity index is 1590. The average Bonchev–Trinajstić information content (AvgIpc) is 3.21. The molecule has 9 nitrogen and oxygen atoms in total. The van der Waals surface area contributed by atoms with E-state index in [9.17, 15) is 0 Å². The van der Waals surface area contributed by atoms with Crippen molar-refractivity contribution in [3.05, 3.63) is 47.5 Å². The number of ether oxygens (including phenoxy) is 4. The first-order valence-electron chi connectivity index (χ1n) is 25.6. The molecule has 64 heavy (non-hydrogen) atoms. The van der Waals surface area contributed by atoms with E-state index in [0.29, 0.717) is 50.1 Å². The predicted octanol–water partition coefficient (Wildman–Crippen LogP) is 14.9. The largest absolute Gasteiger partial charge is 0.490 e. The summed E-state index contributed by atoms with van der Waals surface area (Å²) in [4.78, 5) is 0. The molecule has 0 amide bonds. The van der Waals surface area contributed by atoms with Crippen molar-refractivity contribution in [2.24, 2.45) is 68.4 Å². The molecule has 0 aliphatic rings. The highest BCUT2D eigenvalue weighted by Crippen LogP contribution is 2.31. The minimum absolute atomic E-state index is 0.0725. The standard InChI is InChI=1S/C55H95N5O4/c1-41(2)17-13-21-45(9)29-33-61-51-27-25-49(37-53(51)63-35-31-47(11)23-15-19-43(5)6)39-57-59-55(56)60-58-40-50-26-28-52(62-34-30-46(10)22-14-18-42(3)4)54(38-50)64-36-32-48(12)24-16-20-44(7)8/h25-28,37-48H,13-24,29-36H2,1-12H3,(H3,56,59,60)/b57-39+,58-40+. The molecule has 4 atom stereocenters. The third-order valence-electron chi connectivity index (χ3n) is 12.1. The molecule has 364 valence electrons. The first-order valence-corrected chi connectivity index (χ1v) is 25.6. The van der Waals surface area contributed by atoms with Gasteiger partial charge in [-0.1, -0.05) is 160 Å². The summed E-state index contributed by atoms with van der Waals surface area (Å²) in [6, 6.07) is 11.9. The van der Waals surface area contributed by atoms with Gasteiger partial charge in [-0.2, -0.15) is 10.2 Å². The van der Waals surface area contributed by atoms with Gasteiger partial charge in [-0.25, -0.2) is 5.43 Å². The summed E-state index contributed by atoms with van der Waals surface area (Å²) >= 11 is 0. The molecule has 9 heteroatoms. The highest BCUT2D eigenvalue weighted by atomic mass is 16.5. The van der Waals surface area contributed by atoms with Gasteiger partial charge < -0.3 is 24.7 Å². The van der Waals surface area contributed by atoms with Crippen LogP contribution in [0, 0.1) is 47.3 Å². The van der Waals surface area contributed by atoms with Crippen molar-refractivity contribution in [3.63, 3.8) is 0 Å². The third kappa shape index (κ3) is 28.2. The van der Waals surface area contributed by atoms with Crippen LogP contribution in [0.25, 0.3) is 0 Å². The van der Waals surface area contributed by atoms with Crippen molar-refractivity contribution in [2.45, 2.75) is 186 Å². The van der Waals surface area contributed by atoms with Gasteiger partial charge in [-0.15, -0.1) is 5.10 Å². The SMILES string of the molecule is CC(C)CCCC(C)CCOc1ccc(/C=N/N=C(N)N/N=C/c2ccc(OCCC(C)CCCC(C)C)c(OCCC(C)CCCC(C)C)c2)cc1OCCC(C)CCCC(C)C. The summed E-state index contributed by atoms with van der Waals surface area (Å²) in [7, 11) is 0. The molecule has 0 aliphatic heterocycles. The van der Waals surface area contributed by atoms with Crippen molar-refractivity contribution in [2.75, 3.05) is 26.4 Å². The summed E-state index contributed by atoms with van der Waals surface area (Å²) < 4.78 is 25.4. The van der Waals surface area contributed by atoms with Gasteiger partial charge in [0.25, 0.3) is 0 Å². The maximum absolute atomic E-state index is 6.37. The number of nitrogens with one attached hydrogen (secondary N) is 1. The lowest BCUT2D eigenvalue weighted by atomic mass is 9.97. The van der Waals surface area contributed by atoms with Crippen LogP contribution in [-0.4, -0.2) is 44.8 Å². The van der Waals surface area contributed by atoms with E-state index in [1.165, 1.54) is 77.0 Å². The molecular formula is C55H95N5O4. The lowest BCUT2D eigenvalue weighted by molar-refractivity contribution is 0.237. The zero-order valence-electron chi connectivity index (χ0n) is 42.9. The number of hydrogen-bond acceptors (Lipinski definition) is 7. The molecule has 0 radical (unpaired) electrons. The average molecular weight is 890 g/mol. The van der Waals surface area contributed by atoms with E-state index < -0.39 is 0 Å². The van der Waals surface area contributed by atoms with Gasteiger partial charge >= 0.3 is 0 Å². The molecule has 0 bridgehead atoms. The lowest BCUT2D eigenvalue weighted by Crippen LogP contribution is -2.26. The van der Waals surface area contributed by atoms with E-state index in [1.807, 2.05) is 36.4 Å². The van der Waals surface area contributed by atoms with Gasteiger partial charge in [0.2, 0.25) is 5.96 Å². The van der Waals surface area contributed by atoms with Crippen LogP contribution in [0.3, 0.4) is 0 Å². The number of nitrogens with two attached hydrogens (primary N) is 1. The highest BCUT2D eigenvalue weighted by Gasteiger charge is 2.13. The Balaban J connectivity index is 2.08. The number of hydrogen-bond donors (Lipinski definition) is 2. The van der Waals surface area contributed by atoms with Gasteiger partial charge in [-0.3, -0.25) is 0 Å². The number of benzene rings is 2. The van der Waals surface area contributed by atoms with Crippen molar-refractivity contribution < 1.29 is 18.9 Å². The van der Waals surface area contributed by atoms with Crippen molar-refractivity contribution in [1.29, 1.82) is 0 Å². The highest BCUT2D eigenvalue weighted by molar-refractivity contribution is 5.85. The molecule has 0 aromatic heterocycles. The quantitative estimate of drug-likeness (QED) is 0.0400. The van der Waals surface area contributed by atoms with Crippen LogP contribution in [0.5, 0.6) is 23.0 Å². The fraction of sp³-hybridized carbons (Fsp3) is 0.727. The Morgan fingerprint density at radius 1 is 0.453 bits per heavy atom. The molecule has 3 N–H and O–H groups in total. The monoisotopic (exact) mass is 890 g/mol. The molecule has 0 fully saturated rings. The Morgan fingerprint density at radius 3 is 1.12 bits per heavy atom. The zero-order chi connectivity index (χ0) is 47.1. The van der Waals surface area contributed by atoms with Crippen molar-refractivity contribution in [3.8, 4) is 23.0 Å². The van der Waals surface area contributed by atoms with Crippen LogP contribution in [0.1, 0.15) is 197 Å². The molecule has 0 saturated heterocycles. The van der Waals surface area contributed by atoms with E-state index in [-0.39, 0.29) is 5.96 Å². The predicted molar refractivity (Wildman–Crippen MR) is 275 cm³/mol. The topological polar surface area (TPSA) is 112 Å². The Hall–Kier alpha value is -3.75. The van der Waals surface area contributed by atoms with Gasteiger partial charge in [0, 0.05) is 0 Å². The molecule has 0 aliphatic carbocycles. The zero-order valence-corrected chi connectivity index (χ0v) is 42.9. The van der Waals surface area contributed by atoms with E-state index in [2.05, 4.69) is 104 Å². The molecule has 0 heterocycles. The number of rotatable bonds is 36. The second-order valence-corrected chi connectivity index (χ2v) is 20.8. The number of nitrogens with zero attached hydrogens (tertiary/aromatic N) is 3. The minimum atomic E-state index is 0.0725. The van der Waals surface area contributed by atoms with Crippen LogP contribution in [0.2, 0.25) is 0 Å². The van der Waals surface area contributed by atoms with Crippen LogP contribution < -0.4 is 30.1 Å². The number of guanidine groups is 1. The summed E-state index contributed by atoms with van der Waals surface area (Å²) in [5, 5.41) is 12.8. The smallest absolute Gasteiger partial charge is 0.234 e. The van der Waals surface area contributed by atoms with E-state index in [1.54, 1.807) is 12.4 Å². The van der Waals surface area contributed by atoms with Crippen molar-refractivity contribution >= 4 is 18.4 Å². The van der Waals surface area contributed by atoms with Gasteiger partial charge in [0.1, 0.15) is 0 Å². The molecule has 4 unspecified atom stereocenters. The third-order valence-corrected chi connectivity index (χ3v) is 12.1. The summed E-state index contributed by atoms with van der Waals surface area (Å²) in [6.07, 6.45) is 22.4. The fourth-order valence-corrected chi connectivity index (χ4v) is 7.58. The second-order valence-electron chi connectivity index (χ2n) is 20.8. The normalized spacial score (nSPS) is 14.3. The van der Waals surface area contributed by atoms with Crippen LogP contribution in [0.4, 0.5) is 0 Å². The molecule has 0 spiro atoms. The van der Waals surface area contributed by atoms with Crippen molar-refractivity contribution in [1.82, 2.24) is 5.43 Å². The Morgan fingerprint density at radius 2 is 0.781 bits per heavy atom. The minimum Gasteiger partial charge on any atom is -0.490 e. The number of hydrazone groups is 1. The summed E-state index contributed by atoms with van der Waals surface area (Å²) in [5.41, 5.74) is 10.7. The maximum atomic E-state index is 6.37. The van der Waals surface area contributed by atoms with Gasteiger partial charge in [0.05, 0.1) is 38.9 Å². The van der Waals surface area contributed by atoms with E-state index >= 15 is 0 Å². The Kier molecular flexibility index (Phi) is 29.7. The molecule has 2 aromatic rings. The van der Waals surface area contributed by atoms with Crippen LogP contribution >= 0.6 is 0 Å².